The van der Waals surface area contributed by atoms with Crippen molar-refractivity contribution in [3.8, 4) is 11.4 Å². The number of benzene rings is 1. The molecule has 0 atom stereocenters. The molecule has 0 saturated carbocycles. The summed E-state index contributed by atoms with van der Waals surface area (Å²) in [6, 6.07) is 11.9. The van der Waals surface area contributed by atoms with E-state index < -0.39 is 0 Å². The second kappa shape index (κ2) is 7.39. The van der Waals surface area contributed by atoms with Gasteiger partial charge in [0.1, 0.15) is 0 Å². The average molecular weight is 326 g/mol. The van der Waals surface area contributed by atoms with E-state index in [0.29, 0.717) is 0 Å². The number of aliphatic hydroxyl groups excluding tert-OH is 1. The van der Waals surface area contributed by atoms with E-state index in [2.05, 4.69) is 26.7 Å². The maximum absolute atomic E-state index is 9.08. The topological polar surface area (TPSA) is 63.8 Å². The SMILES string of the molecule is CCn1c(SCc2ccc(CO)cc2)nnc1-c1ccncc1. The van der Waals surface area contributed by atoms with E-state index in [1.807, 2.05) is 36.4 Å². The first-order valence-corrected chi connectivity index (χ1v) is 8.45. The monoisotopic (exact) mass is 326 g/mol. The summed E-state index contributed by atoms with van der Waals surface area (Å²) in [5, 5.41) is 18.6. The summed E-state index contributed by atoms with van der Waals surface area (Å²) in [5.41, 5.74) is 3.15. The summed E-state index contributed by atoms with van der Waals surface area (Å²) < 4.78 is 2.11. The second-order valence-corrected chi connectivity index (χ2v) is 5.99. The summed E-state index contributed by atoms with van der Waals surface area (Å²) in [5.74, 6) is 1.69. The molecular formula is C17H18N4OS. The Morgan fingerprint density at radius 1 is 1.00 bits per heavy atom. The van der Waals surface area contributed by atoms with Crippen molar-refractivity contribution in [2.45, 2.75) is 31.0 Å². The minimum Gasteiger partial charge on any atom is -0.392 e. The summed E-state index contributed by atoms with van der Waals surface area (Å²) >= 11 is 1.66. The fourth-order valence-corrected chi connectivity index (χ4v) is 3.24. The van der Waals surface area contributed by atoms with E-state index in [1.165, 1.54) is 5.56 Å². The molecule has 6 heteroatoms. The number of aliphatic hydroxyl groups is 1. The molecule has 3 aromatic rings. The van der Waals surface area contributed by atoms with Gasteiger partial charge >= 0.3 is 0 Å². The Hall–Kier alpha value is -2.18. The predicted octanol–water partition coefficient (Wildman–Crippen LogP) is 3.14. The van der Waals surface area contributed by atoms with Crippen LogP contribution in [0.25, 0.3) is 11.4 Å². The fourth-order valence-electron chi connectivity index (χ4n) is 2.28. The Bertz CT molecular complexity index is 756. The quantitative estimate of drug-likeness (QED) is 0.705. The van der Waals surface area contributed by atoms with Gasteiger partial charge in [0.2, 0.25) is 0 Å². The lowest BCUT2D eigenvalue weighted by Gasteiger charge is -2.07. The van der Waals surface area contributed by atoms with Crippen LogP contribution in [0.15, 0.2) is 53.9 Å². The van der Waals surface area contributed by atoms with Crippen LogP contribution in [0.1, 0.15) is 18.1 Å². The van der Waals surface area contributed by atoms with E-state index >= 15 is 0 Å². The molecule has 0 aliphatic heterocycles. The number of rotatable bonds is 6. The highest BCUT2D eigenvalue weighted by Crippen LogP contribution is 2.26. The highest BCUT2D eigenvalue weighted by Gasteiger charge is 2.13. The van der Waals surface area contributed by atoms with Crippen LogP contribution >= 0.6 is 11.8 Å². The second-order valence-electron chi connectivity index (χ2n) is 5.05. The molecule has 1 aromatic carbocycles. The van der Waals surface area contributed by atoms with E-state index in [-0.39, 0.29) is 6.61 Å². The summed E-state index contributed by atoms with van der Waals surface area (Å²) in [4.78, 5) is 4.04. The highest BCUT2D eigenvalue weighted by molar-refractivity contribution is 7.98. The van der Waals surface area contributed by atoms with E-state index in [1.54, 1.807) is 24.2 Å². The third-order valence-corrected chi connectivity index (χ3v) is 4.58. The molecule has 118 valence electrons. The van der Waals surface area contributed by atoms with Crippen molar-refractivity contribution in [3.63, 3.8) is 0 Å². The van der Waals surface area contributed by atoms with Crippen molar-refractivity contribution in [3.05, 3.63) is 59.9 Å². The highest BCUT2D eigenvalue weighted by atomic mass is 32.2. The van der Waals surface area contributed by atoms with Crippen LogP contribution in [-0.4, -0.2) is 24.9 Å². The van der Waals surface area contributed by atoms with Crippen molar-refractivity contribution >= 4 is 11.8 Å². The maximum atomic E-state index is 9.08. The van der Waals surface area contributed by atoms with Crippen molar-refractivity contribution in [2.24, 2.45) is 0 Å². The van der Waals surface area contributed by atoms with Gasteiger partial charge in [0.05, 0.1) is 6.61 Å². The molecule has 5 nitrogen and oxygen atoms in total. The van der Waals surface area contributed by atoms with Gasteiger partial charge in [0.25, 0.3) is 0 Å². The number of nitrogens with zero attached hydrogens (tertiary/aromatic N) is 4. The van der Waals surface area contributed by atoms with Crippen LogP contribution in [0, 0.1) is 0 Å². The lowest BCUT2D eigenvalue weighted by Crippen LogP contribution is -2.00. The van der Waals surface area contributed by atoms with Gasteiger partial charge in [-0.05, 0) is 30.2 Å². The largest absolute Gasteiger partial charge is 0.392 e. The molecule has 0 bridgehead atoms. The van der Waals surface area contributed by atoms with Gasteiger partial charge in [0, 0.05) is 30.3 Å². The normalized spacial score (nSPS) is 10.9. The first-order valence-electron chi connectivity index (χ1n) is 7.47. The van der Waals surface area contributed by atoms with Crippen LogP contribution in [0.2, 0.25) is 0 Å². The molecule has 0 aliphatic carbocycles. The van der Waals surface area contributed by atoms with Crippen molar-refractivity contribution in [1.82, 2.24) is 19.7 Å². The lowest BCUT2D eigenvalue weighted by atomic mass is 10.2. The first kappa shape index (κ1) is 15.7. The summed E-state index contributed by atoms with van der Waals surface area (Å²) in [7, 11) is 0. The van der Waals surface area contributed by atoms with Crippen LogP contribution in [0.5, 0.6) is 0 Å². The molecule has 23 heavy (non-hydrogen) atoms. The molecule has 2 aromatic heterocycles. The Morgan fingerprint density at radius 3 is 2.35 bits per heavy atom. The molecule has 0 aliphatic rings. The molecule has 1 N–H and O–H groups in total. The van der Waals surface area contributed by atoms with Gasteiger partial charge < -0.3 is 9.67 Å². The first-order chi connectivity index (χ1) is 11.3. The predicted molar refractivity (Wildman–Crippen MR) is 90.9 cm³/mol. The van der Waals surface area contributed by atoms with Crippen molar-refractivity contribution in [2.75, 3.05) is 0 Å². The van der Waals surface area contributed by atoms with Crippen LogP contribution in [-0.2, 0) is 18.9 Å². The minimum absolute atomic E-state index is 0.0763. The Kier molecular flexibility index (Phi) is 5.05. The number of hydrogen-bond acceptors (Lipinski definition) is 5. The number of thioether (sulfide) groups is 1. The molecule has 0 saturated heterocycles. The third kappa shape index (κ3) is 3.60. The Balaban J connectivity index is 1.76. The van der Waals surface area contributed by atoms with Crippen LogP contribution in [0.4, 0.5) is 0 Å². The number of aromatic nitrogens is 4. The Morgan fingerprint density at radius 2 is 1.70 bits per heavy atom. The van der Waals surface area contributed by atoms with E-state index in [0.717, 1.165) is 34.4 Å². The number of hydrogen-bond donors (Lipinski definition) is 1. The molecule has 0 radical (unpaired) electrons. The van der Waals surface area contributed by atoms with E-state index in [4.69, 9.17) is 5.11 Å². The molecule has 0 unspecified atom stereocenters. The molecule has 0 spiro atoms. The standard InChI is InChI=1S/C17H18N4OS/c1-2-21-16(15-7-9-18-10-8-15)19-20-17(21)23-12-14-5-3-13(11-22)4-6-14/h3-10,22H,2,11-12H2,1H3. The van der Waals surface area contributed by atoms with Crippen LogP contribution < -0.4 is 0 Å². The van der Waals surface area contributed by atoms with Crippen LogP contribution in [0.3, 0.4) is 0 Å². The van der Waals surface area contributed by atoms with Gasteiger partial charge in [0.15, 0.2) is 11.0 Å². The molecule has 2 heterocycles. The van der Waals surface area contributed by atoms with Gasteiger partial charge in [-0.3, -0.25) is 4.98 Å². The van der Waals surface area contributed by atoms with E-state index in [9.17, 15) is 0 Å². The molecular weight excluding hydrogens is 308 g/mol. The average Bonchev–Trinajstić information content (AvgIpc) is 3.04. The lowest BCUT2D eigenvalue weighted by molar-refractivity contribution is 0.282. The zero-order valence-corrected chi connectivity index (χ0v) is 13.7. The molecule has 3 rings (SSSR count). The van der Waals surface area contributed by atoms with Gasteiger partial charge in [-0.1, -0.05) is 36.0 Å². The maximum Gasteiger partial charge on any atom is 0.191 e. The van der Waals surface area contributed by atoms with Gasteiger partial charge in [-0.15, -0.1) is 10.2 Å². The molecule has 0 fully saturated rings. The zero-order valence-electron chi connectivity index (χ0n) is 12.9. The molecule has 0 amide bonds. The zero-order chi connectivity index (χ0) is 16.1. The smallest absolute Gasteiger partial charge is 0.191 e. The van der Waals surface area contributed by atoms with Crippen molar-refractivity contribution < 1.29 is 5.11 Å². The van der Waals surface area contributed by atoms with Crippen molar-refractivity contribution in [1.29, 1.82) is 0 Å². The summed E-state index contributed by atoms with van der Waals surface area (Å²) in [6.07, 6.45) is 3.53. The minimum atomic E-state index is 0.0763. The van der Waals surface area contributed by atoms with Gasteiger partial charge in [-0.2, -0.15) is 0 Å². The fraction of sp³-hybridized carbons (Fsp3) is 0.235. The van der Waals surface area contributed by atoms with Gasteiger partial charge in [-0.25, -0.2) is 0 Å². The summed E-state index contributed by atoms with van der Waals surface area (Å²) in [6.45, 7) is 2.98. The number of pyridine rings is 1. The third-order valence-electron chi connectivity index (χ3n) is 3.55. The Labute approximate surface area is 139 Å².